The Kier molecular flexibility index (Phi) is 5.62. The van der Waals surface area contributed by atoms with Crippen molar-refractivity contribution >= 4 is 11.6 Å². The summed E-state index contributed by atoms with van der Waals surface area (Å²) in [5.74, 6) is -1.57. The van der Waals surface area contributed by atoms with E-state index in [-0.39, 0.29) is 17.5 Å². The molecule has 0 spiro atoms. The summed E-state index contributed by atoms with van der Waals surface area (Å²) in [6.45, 7) is 0. The zero-order chi connectivity index (χ0) is 18.5. The summed E-state index contributed by atoms with van der Waals surface area (Å²) in [7, 11) is 0. The van der Waals surface area contributed by atoms with Gasteiger partial charge in [-0.1, -0.05) is 18.2 Å². The maximum atomic E-state index is 13.6. The lowest BCUT2D eigenvalue weighted by Gasteiger charge is -2.28. The third kappa shape index (κ3) is 4.26. The molecule has 1 fully saturated rings. The van der Waals surface area contributed by atoms with Crippen molar-refractivity contribution in [2.24, 2.45) is 5.92 Å². The lowest BCUT2D eigenvalue weighted by atomic mass is 9.77. The number of carbonyl (C=O) groups is 1. The number of rotatable bonds is 4. The van der Waals surface area contributed by atoms with Crippen LogP contribution in [-0.4, -0.2) is 5.91 Å². The highest BCUT2D eigenvalue weighted by Crippen LogP contribution is 2.37. The Morgan fingerprint density at radius 3 is 2.42 bits per heavy atom. The molecule has 134 valence electrons. The van der Waals surface area contributed by atoms with E-state index >= 15 is 0 Å². The van der Waals surface area contributed by atoms with E-state index in [1.54, 1.807) is 0 Å². The molecule has 2 aromatic rings. The molecule has 1 N–H and O–H groups in total. The highest BCUT2D eigenvalue weighted by molar-refractivity contribution is 5.90. The van der Waals surface area contributed by atoms with Crippen molar-refractivity contribution in [3.05, 3.63) is 65.2 Å². The minimum absolute atomic E-state index is 0.110. The van der Waals surface area contributed by atoms with Gasteiger partial charge in [0, 0.05) is 6.42 Å². The third-order valence-electron chi connectivity index (χ3n) is 5.06. The lowest BCUT2D eigenvalue weighted by molar-refractivity contribution is -0.117. The first kappa shape index (κ1) is 18.1. The third-order valence-corrected chi connectivity index (χ3v) is 5.06. The summed E-state index contributed by atoms with van der Waals surface area (Å²) < 4.78 is 26.8. The topological polar surface area (TPSA) is 52.9 Å². The summed E-state index contributed by atoms with van der Waals surface area (Å²) in [5, 5.41) is 11.3. The van der Waals surface area contributed by atoms with Crippen LogP contribution >= 0.6 is 0 Å². The molecule has 0 heterocycles. The van der Waals surface area contributed by atoms with Crippen molar-refractivity contribution in [1.29, 1.82) is 5.26 Å². The van der Waals surface area contributed by atoms with E-state index in [0.29, 0.717) is 17.9 Å². The monoisotopic (exact) mass is 354 g/mol. The van der Waals surface area contributed by atoms with Crippen molar-refractivity contribution < 1.29 is 13.6 Å². The van der Waals surface area contributed by atoms with Gasteiger partial charge in [0.25, 0.3) is 0 Å². The van der Waals surface area contributed by atoms with Crippen LogP contribution in [0, 0.1) is 28.9 Å². The molecule has 2 aromatic carbocycles. The van der Waals surface area contributed by atoms with Crippen molar-refractivity contribution in [2.45, 2.75) is 38.0 Å². The molecule has 0 bridgehead atoms. The molecule has 1 saturated carbocycles. The van der Waals surface area contributed by atoms with Gasteiger partial charge in [0.15, 0.2) is 11.6 Å². The van der Waals surface area contributed by atoms with E-state index in [1.165, 1.54) is 17.7 Å². The number of benzene rings is 2. The molecule has 3 rings (SSSR count). The first-order valence-corrected chi connectivity index (χ1v) is 8.80. The van der Waals surface area contributed by atoms with Crippen molar-refractivity contribution in [3.8, 4) is 6.07 Å². The van der Waals surface area contributed by atoms with E-state index < -0.39 is 11.6 Å². The molecule has 5 heteroatoms. The molecule has 26 heavy (non-hydrogen) atoms. The molecule has 1 aliphatic carbocycles. The summed E-state index contributed by atoms with van der Waals surface area (Å²) in [5.41, 5.74) is 1.78. The van der Waals surface area contributed by atoms with Gasteiger partial charge in [-0.25, -0.2) is 8.78 Å². The van der Waals surface area contributed by atoms with E-state index in [9.17, 15) is 13.6 Å². The second-order valence-electron chi connectivity index (χ2n) is 6.81. The highest BCUT2D eigenvalue weighted by atomic mass is 19.2. The van der Waals surface area contributed by atoms with Gasteiger partial charge in [-0.3, -0.25) is 4.79 Å². The average Bonchev–Trinajstić information content (AvgIpc) is 2.66. The molecule has 0 atom stereocenters. The minimum Gasteiger partial charge on any atom is -0.323 e. The number of nitrogens with zero attached hydrogens (tertiary/aromatic N) is 1. The molecule has 1 amide bonds. The Labute approximate surface area is 151 Å². The molecule has 1 aliphatic rings. The van der Waals surface area contributed by atoms with Gasteiger partial charge < -0.3 is 5.32 Å². The van der Waals surface area contributed by atoms with Gasteiger partial charge in [0.1, 0.15) is 0 Å². The molecule has 0 radical (unpaired) electrons. The largest absolute Gasteiger partial charge is 0.323 e. The van der Waals surface area contributed by atoms with Crippen LogP contribution < -0.4 is 5.32 Å². The van der Waals surface area contributed by atoms with Crippen LogP contribution in [0.15, 0.2) is 42.5 Å². The van der Waals surface area contributed by atoms with Gasteiger partial charge in [-0.15, -0.1) is 0 Å². The SMILES string of the molecule is N#Cc1ccc(C2CCC(CC(=O)Nc3cccc(F)c3F)CC2)cc1. The Bertz CT molecular complexity index is 819. The van der Waals surface area contributed by atoms with Gasteiger partial charge in [-0.2, -0.15) is 5.26 Å². The minimum atomic E-state index is -1.02. The average molecular weight is 354 g/mol. The van der Waals surface area contributed by atoms with Crippen LogP contribution in [-0.2, 0) is 4.79 Å². The van der Waals surface area contributed by atoms with Crippen LogP contribution in [0.1, 0.15) is 49.1 Å². The van der Waals surface area contributed by atoms with Crippen LogP contribution in [0.3, 0.4) is 0 Å². The first-order valence-electron chi connectivity index (χ1n) is 8.80. The number of amides is 1. The molecular formula is C21H20F2N2O. The van der Waals surface area contributed by atoms with Crippen LogP contribution in [0.5, 0.6) is 0 Å². The quantitative estimate of drug-likeness (QED) is 0.826. The second-order valence-corrected chi connectivity index (χ2v) is 6.81. The summed E-state index contributed by atoms with van der Waals surface area (Å²) >= 11 is 0. The van der Waals surface area contributed by atoms with Gasteiger partial charge >= 0.3 is 0 Å². The predicted octanol–water partition coefficient (Wildman–Crippen LogP) is 5.14. The number of nitrogens with one attached hydrogen (secondary N) is 1. The molecule has 0 aromatic heterocycles. The Morgan fingerprint density at radius 1 is 1.08 bits per heavy atom. The number of halogens is 2. The summed E-state index contributed by atoms with van der Waals surface area (Å²) in [4.78, 5) is 12.1. The van der Waals surface area contributed by atoms with E-state index in [1.807, 2.05) is 24.3 Å². The van der Waals surface area contributed by atoms with Gasteiger partial charge in [0.05, 0.1) is 17.3 Å². The lowest BCUT2D eigenvalue weighted by Crippen LogP contribution is -2.21. The Hall–Kier alpha value is -2.74. The molecule has 3 nitrogen and oxygen atoms in total. The maximum absolute atomic E-state index is 13.6. The zero-order valence-electron chi connectivity index (χ0n) is 14.3. The molecular weight excluding hydrogens is 334 g/mol. The van der Waals surface area contributed by atoms with Crippen molar-refractivity contribution in [2.75, 3.05) is 5.32 Å². The standard InChI is InChI=1S/C21H20F2N2O/c22-18-2-1-3-19(21(18)23)25-20(26)12-14-4-8-16(9-5-14)17-10-6-15(13-24)7-11-17/h1-3,6-7,10-11,14,16H,4-5,8-9,12H2,(H,25,26). The highest BCUT2D eigenvalue weighted by Gasteiger charge is 2.24. The second kappa shape index (κ2) is 8.09. The number of carbonyl (C=O) groups excluding carboxylic acids is 1. The molecule has 0 saturated heterocycles. The summed E-state index contributed by atoms with van der Waals surface area (Å²) in [6, 6.07) is 13.6. The van der Waals surface area contributed by atoms with E-state index in [4.69, 9.17) is 5.26 Å². The van der Waals surface area contributed by atoms with Crippen molar-refractivity contribution in [3.63, 3.8) is 0 Å². The zero-order valence-corrected chi connectivity index (χ0v) is 14.3. The predicted molar refractivity (Wildman–Crippen MR) is 95.5 cm³/mol. The Balaban J connectivity index is 1.51. The normalized spacial score (nSPS) is 19.6. The van der Waals surface area contributed by atoms with Gasteiger partial charge in [-0.05, 0) is 67.3 Å². The number of hydrogen-bond donors (Lipinski definition) is 1. The fourth-order valence-corrected chi connectivity index (χ4v) is 3.59. The first-order chi connectivity index (χ1) is 12.6. The fourth-order valence-electron chi connectivity index (χ4n) is 3.59. The Morgan fingerprint density at radius 2 is 1.77 bits per heavy atom. The van der Waals surface area contributed by atoms with Crippen LogP contribution in [0.25, 0.3) is 0 Å². The van der Waals surface area contributed by atoms with E-state index in [2.05, 4.69) is 11.4 Å². The summed E-state index contributed by atoms with van der Waals surface area (Å²) in [6.07, 6.45) is 4.12. The number of anilines is 1. The maximum Gasteiger partial charge on any atom is 0.224 e. The fraction of sp³-hybridized carbons (Fsp3) is 0.333. The van der Waals surface area contributed by atoms with E-state index in [0.717, 1.165) is 31.7 Å². The van der Waals surface area contributed by atoms with Crippen molar-refractivity contribution in [1.82, 2.24) is 0 Å². The molecule has 0 unspecified atom stereocenters. The van der Waals surface area contributed by atoms with Gasteiger partial charge in [0.2, 0.25) is 5.91 Å². The smallest absolute Gasteiger partial charge is 0.224 e. The van der Waals surface area contributed by atoms with Crippen LogP contribution in [0.2, 0.25) is 0 Å². The number of nitriles is 1. The van der Waals surface area contributed by atoms with Crippen LogP contribution in [0.4, 0.5) is 14.5 Å². The molecule has 0 aliphatic heterocycles. The number of hydrogen-bond acceptors (Lipinski definition) is 2.